The number of nitrogens with zero attached hydrogens (tertiary/aromatic N) is 1. The summed E-state index contributed by atoms with van der Waals surface area (Å²) in [6, 6.07) is 11.2. The summed E-state index contributed by atoms with van der Waals surface area (Å²) in [5.41, 5.74) is 0.947. The molecule has 1 aliphatic rings. The van der Waals surface area contributed by atoms with Crippen LogP contribution in [0, 0.1) is 11.8 Å². The molecule has 0 bridgehead atoms. The zero-order valence-electron chi connectivity index (χ0n) is 19.7. The van der Waals surface area contributed by atoms with Crippen LogP contribution in [0.3, 0.4) is 0 Å². The first-order chi connectivity index (χ1) is 16.9. The average molecular weight is 524 g/mol. The number of nitrogens with one attached hydrogen (secondary N) is 2. The van der Waals surface area contributed by atoms with E-state index in [0.29, 0.717) is 29.8 Å². The summed E-state index contributed by atoms with van der Waals surface area (Å²) in [5.74, 6) is -0.369. The summed E-state index contributed by atoms with van der Waals surface area (Å²) in [7, 11) is -3.53. The Labute approximate surface area is 208 Å². The lowest BCUT2D eigenvalue weighted by atomic mass is 9.99. The van der Waals surface area contributed by atoms with Crippen LogP contribution in [-0.2, 0) is 34.0 Å². The second-order valence-electron chi connectivity index (χ2n) is 8.85. The summed E-state index contributed by atoms with van der Waals surface area (Å²) < 4.78 is 63.6. The maximum Gasteiger partial charge on any atom is 0.416 e. The van der Waals surface area contributed by atoms with Gasteiger partial charge in [-0.05, 0) is 47.2 Å². The number of halogens is 3. The minimum Gasteiger partial charge on any atom is -0.352 e. The first-order valence-corrected chi connectivity index (χ1v) is 12.9. The molecule has 2 N–H and O–H groups in total. The molecule has 0 saturated carbocycles. The molecule has 11 heteroatoms. The van der Waals surface area contributed by atoms with E-state index in [0.717, 1.165) is 17.5 Å². The Bertz CT molecular complexity index is 1200. The van der Waals surface area contributed by atoms with E-state index in [1.54, 1.807) is 29.2 Å². The highest BCUT2D eigenvalue weighted by molar-refractivity contribution is 7.92. The number of amides is 2. The lowest BCUT2D eigenvalue weighted by Crippen LogP contribution is -2.32. The molecule has 1 fully saturated rings. The molecule has 36 heavy (non-hydrogen) atoms. The van der Waals surface area contributed by atoms with Crippen molar-refractivity contribution in [3.8, 4) is 0 Å². The van der Waals surface area contributed by atoms with Gasteiger partial charge in [0.2, 0.25) is 15.9 Å². The minimum absolute atomic E-state index is 0.0173. The third kappa shape index (κ3) is 7.41. The fraction of sp³-hybridized carbons (Fsp3) is 0.360. The van der Waals surface area contributed by atoms with Crippen molar-refractivity contribution in [2.75, 3.05) is 19.6 Å². The molecule has 2 atom stereocenters. The van der Waals surface area contributed by atoms with Gasteiger partial charge in [0.15, 0.2) is 0 Å². The Morgan fingerprint density at radius 1 is 1.06 bits per heavy atom. The number of rotatable bonds is 9. The van der Waals surface area contributed by atoms with E-state index in [-0.39, 0.29) is 43.2 Å². The van der Waals surface area contributed by atoms with E-state index in [1.165, 1.54) is 12.1 Å². The van der Waals surface area contributed by atoms with Crippen molar-refractivity contribution in [3.63, 3.8) is 0 Å². The molecule has 7 nitrogen and oxygen atoms in total. The van der Waals surface area contributed by atoms with Gasteiger partial charge in [-0.2, -0.15) is 13.2 Å². The highest BCUT2D eigenvalue weighted by atomic mass is 32.2. The number of hydrogen-bond donors (Lipinski definition) is 2. The quantitative estimate of drug-likeness (QED) is 0.527. The molecule has 194 valence electrons. The van der Waals surface area contributed by atoms with Gasteiger partial charge in [-0.3, -0.25) is 9.59 Å². The molecule has 2 aromatic carbocycles. The molecular weight excluding hydrogens is 495 g/mol. The van der Waals surface area contributed by atoms with E-state index in [9.17, 15) is 31.2 Å². The third-order valence-electron chi connectivity index (χ3n) is 6.16. The van der Waals surface area contributed by atoms with Crippen LogP contribution < -0.4 is 10.0 Å². The molecular formula is C25H28F3N3O4S. The maximum atomic E-state index is 12.9. The largest absolute Gasteiger partial charge is 0.416 e. The normalized spacial score (nSPS) is 18.2. The van der Waals surface area contributed by atoms with Crippen LogP contribution in [0.1, 0.15) is 34.0 Å². The predicted octanol–water partition coefficient (Wildman–Crippen LogP) is 3.34. The van der Waals surface area contributed by atoms with Crippen molar-refractivity contribution >= 4 is 21.8 Å². The van der Waals surface area contributed by atoms with Crippen LogP contribution in [0.25, 0.3) is 0 Å². The van der Waals surface area contributed by atoms with E-state index < -0.39 is 21.8 Å². The van der Waals surface area contributed by atoms with Crippen LogP contribution >= 0.6 is 0 Å². The Kier molecular flexibility index (Phi) is 8.57. The zero-order chi connectivity index (χ0) is 26.5. The summed E-state index contributed by atoms with van der Waals surface area (Å²) in [4.78, 5) is 26.8. The Balaban J connectivity index is 1.49. The van der Waals surface area contributed by atoms with Gasteiger partial charge in [0.25, 0.3) is 5.91 Å². The van der Waals surface area contributed by atoms with Gasteiger partial charge in [-0.15, -0.1) is 0 Å². The Morgan fingerprint density at radius 2 is 1.67 bits per heavy atom. The summed E-state index contributed by atoms with van der Waals surface area (Å²) in [6.45, 7) is 6.49. The first kappa shape index (κ1) is 27.4. The second kappa shape index (κ2) is 11.3. The van der Waals surface area contributed by atoms with Crippen LogP contribution in [-0.4, -0.2) is 44.8 Å². The molecule has 2 unspecified atom stereocenters. The van der Waals surface area contributed by atoms with E-state index >= 15 is 0 Å². The minimum atomic E-state index is -4.41. The van der Waals surface area contributed by atoms with Gasteiger partial charge in [0.05, 0.1) is 12.0 Å². The lowest BCUT2D eigenvalue weighted by molar-refractivity contribution is -0.137. The molecule has 0 aromatic heterocycles. The number of likely N-dealkylation sites (tertiary alicyclic amines) is 1. The summed E-state index contributed by atoms with van der Waals surface area (Å²) in [5, 5.41) is 3.53. The number of benzene rings is 2. The molecule has 1 aliphatic heterocycles. The standard InChI is InChI=1S/C25H28F3N3O4S/c1-3-36(34,35)30-14-21-16-31(15-17(21)2)24(33)20-8-4-18(5-9-20)12-23(32)29-13-19-6-10-22(11-7-19)25(26,27)28/h3-11,17,21,30H,1,12-16H2,2H3,(H,29,32). The van der Waals surface area contributed by atoms with E-state index in [2.05, 4.69) is 16.6 Å². The van der Waals surface area contributed by atoms with Crippen molar-refractivity contribution in [1.29, 1.82) is 0 Å². The number of hydrogen-bond acceptors (Lipinski definition) is 4. The fourth-order valence-electron chi connectivity index (χ4n) is 3.96. The first-order valence-electron chi connectivity index (χ1n) is 11.3. The van der Waals surface area contributed by atoms with Crippen molar-refractivity contribution in [2.45, 2.75) is 26.1 Å². The zero-order valence-corrected chi connectivity index (χ0v) is 20.5. The van der Waals surface area contributed by atoms with Crippen LogP contribution in [0.5, 0.6) is 0 Å². The van der Waals surface area contributed by atoms with Gasteiger partial charge in [-0.25, -0.2) is 13.1 Å². The smallest absolute Gasteiger partial charge is 0.352 e. The Morgan fingerprint density at radius 3 is 2.25 bits per heavy atom. The molecule has 0 radical (unpaired) electrons. The molecule has 3 rings (SSSR count). The van der Waals surface area contributed by atoms with Crippen molar-refractivity contribution in [2.24, 2.45) is 11.8 Å². The number of sulfonamides is 1. The van der Waals surface area contributed by atoms with Crippen molar-refractivity contribution < 1.29 is 31.2 Å². The van der Waals surface area contributed by atoms with Crippen LogP contribution in [0.2, 0.25) is 0 Å². The molecule has 2 amide bonds. The van der Waals surface area contributed by atoms with Gasteiger partial charge in [-0.1, -0.05) is 37.8 Å². The molecule has 0 spiro atoms. The maximum absolute atomic E-state index is 12.9. The molecule has 1 heterocycles. The van der Waals surface area contributed by atoms with Crippen LogP contribution in [0.15, 0.2) is 60.5 Å². The number of alkyl halides is 3. The third-order valence-corrected chi connectivity index (χ3v) is 7.17. The monoisotopic (exact) mass is 523 g/mol. The molecule has 0 aliphatic carbocycles. The van der Waals surface area contributed by atoms with E-state index in [4.69, 9.17) is 0 Å². The van der Waals surface area contributed by atoms with E-state index in [1.807, 2.05) is 6.92 Å². The van der Waals surface area contributed by atoms with Crippen LogP contribution in [0.4, 0.5) is 13.2 Å². The van der Waals surface area contributed by atoms with Crippen molar-refractivity contribution in [1.82, 2.24) is 14.9 Å². The number of carbonyl (C=O) groups is 2. The van der Waals surface area contributed by atoms with Gasteiger partial charge < -0.3 is 10.2 Å². The summed E-state index contributed by atoms with van der Waals surface area (Å²) in [6.07, 6.45) is -4.35. The highest BCUT2D eigenvalue weighted by Gasteiger charge is 2.33. The summed E-state index contributed by atoms with van der Waals surface area (Å²) >= 11 is 0. The lowest BCUT2D eigenvalue weighted by Gasteiger charge is -2.17. The fourth-order valence-corrected chi connectivity index (χ4v) is 4.52. The Hall–Kier alpha value is -3.18. The predicted molar refractivity (Wildman–Crippen MR) is 129 cm³/mol. The van der Waals surface area contributed by atoms with Gasteiger partial charge >= 0.3 is 6.18 Å². The highest BCUT2D eigenvalue weighted by Crippen LogP contribution is 2.29. The second-order valence-corrected chi connectivity index (χ2v) is 10.6. The SMILES string of the molecule is C=CS(=O)(=O)NCC1CN(C(=O)c2ccc(CC(=O)NCc3ccc(C(F)(F)F)cc3)cc2)CC1C. The average Bonchev–Trinajstić information content (AvgIpc) is 3.21. The van der Waals surface area contributed by atoms with Crippen molar-refractivity contribution in [3.05, 3.63) is 82.8 Å². The van der Waals surface area contributed by atoms with Gasteiger partial charge in [0.1, 0.15) is 0 Å². The number of carbonyl (C=O) groups excluding carboxylic acids is 2. The molecule has 2 aromatic rings. The topological polar surface area (TPSA) is 95.6 Å². The molecule has 1 saturated heterocycles. The van der Waals surface area contributed by atoms with Gasteiger partial charge in [0, 0.05) is 37.2 Å².